The molecule has 1 aliphatic heterocycles. The molecule has 0 radical (unpaired) electrons. The predicted octanol–water partition coefficient (Wildman–Crippen LogP) is 3.63. The van der Waals surface area contributed by atoms with Crippen molar-refractivity contribution < 1.29 is 22.8 Å². The Morgan fingerprint density at radius 3 is 2.45 bits per heavy atom. The molecule has 0 N–H and O–H groups in total. The van der Waals surface area contributed by atoms with Gasteiger partial charge in [-0.05, 0) is 43.4 Å². The Labute approximate surface area is 126 Å². The van der Waals surface area contributed by atoms with E-state index in [4.69, 9.17) is 0 Å². The number of rotatable bonds is 1. The number of halogens is 3. The topological polar surface area (TPSA) is 37.4 Å². The van der Waals surface area contributed by atoms with E-state index in [1.165, 1.54) is 12.1 Å². The molecule has 0 bridgehead atoms. The van der Waals surface area contributed by atoms with Crippen LogP contribution in [0.4, 0.5) is 18.9 Å². The van der Waals surface area contributed by atoms with Gasteiger partial charge in [0, 0.05) is 0 Å². The number of carbonyl (C=O) groups is 2. The van der Waals surface area contributed by atoms with Crippen molar-refractivity contribution in [2.75, 3.05) is 4.90 Å². The number of fused-ring (bicyclic) bond motifs is 1. The van der Waals surface area contributed by atoms with Crippen molar-refractivity contribution in [3.05, 3.63) is 29.8 Å². The number of nitrogens with zero attached hydrogens (tertiary/aromatic N) is 1. The van der Waals surface area contributed by atoms with Crippen molar-refractivity contribution in [1.29, 1.82) is 0 Å². The van der Waals surface area contributed by atoms with Crippen LogP contribution in [-0.2, 0) is 15.8 Å². The van der Waals surface area contributed by atoms with Gasteiger partial charge in [0.2, 0.25) is 11.8 Å². The first-order valence-corrected chi connectivity index (χ1v) is 7.34. The maximum absolute atomic E-state index is 12.8. The average molecular weight is 311 g/mol. The van der Waals surface area contributed by atoms with Crippen LogP contribution in [0, 0.1) is 17.8 Å². The van der Waals surface area contributed by atoms with Gasteiger partial charge < -0.3 is 0 Å². The Balaban J connectivity index is 1.95. The number of hydrogen-bond donors (Lipinski definition) is 0. The zero-order valence-corrected chi connectivity index (χ0v) is 12.1. The van der Waals surface area contributed by atoms with Crippen LogP contribution in [0.1, 0.15) is 31.7 Å². The van der Waals surface area contributed by atoms with Crippen LogP contribution in [0.5, 0.6) is 0 Å². The molecule has 0 aromatic heterocycles. The van der Waals surface area contributed by atoms with Gasteiger partial charge in [-0.3, -0.25) is 14.5 Å². The van der Waals surface area contributed by atoms with Gasteiger partial charge in [0.05, 0.1) is 23.1 Å². The van der Waals surface area contributed by atoms with Crippen LogP contribution < -0.4 is 4.90 Å². The Bertz CT molecular complexity index is 626. The van der Waals surface area contributed by atoms with E-state index < -0.39 is 11.7 Å². The molecule has 6 heteroatoms. The first-order chi connectivity index (χ1) is 10.3. The fraction of sp³-hybridized carbons (Fsp3) is 0.500. The summed E-state index contributed by atoms with van der Waals surface area (Å²) in [6, 6.07) is 4.41. The number of anilines is 1. The fourth-order valence-corrected chi connectivity index (χ4v) is 3.47. The molecule has 1 aromatic rings. The van der Waals surface area contributed by atoms with E-state index in [0.29, 0.717) is 18.8 Å². The Morgan fingerprint density at radius 1 is 1.09 bits per heavy atom. The van der Waals surface area contributed by atoms with Gasteiger partial charge in [-0.1, -0.05) is 13.0 Å². The van der Waals surface area contributed by atoms with E-state index in [9.17, 15) is 22.8 Å². The molecule has 2 fully saturated rings. The maximum atomic E-state index is 12.8. The monoisotopic (exact) mass is 311 g/mol. The molecular weight excluding hydrogens is 295 g/mol. The summed E-state index contributed by atoms with van der Waals surface area (Å²) in [6.45, 7) is 2.03. The largest absolute Gasteiger partial charge is 0.416 e. The molecular formula is C16H16F3NO2. The lowest BCUT2D eigenvalue weighted by Gasteiger charge is -2.25. The summed E-state index contributed by atoms with van der Waals surface area (Å²) in [4.78, 5) is 25.9. The zero-order valence-electron chi connectivity index (χ0n) is 12.1. The molecule has 1 aromatic carbocycles. The lowest BCUT2D eigenvalue weighted by atomic mass is 9.76. The van der Waals surface area contributed by atoms with Crippen molar-refractivity contribution in [3.8, 4) is 0 Å². The molecule has 118 valence electrons. The highest BCUT2D eigenvalue weighted by atomic mass is 19.4. The Hall–Kier alpha value is -1.85. The van der Waals surface area contributed by atoms with E-state index >= 15 is 0 Å². The molecule has 22 heavy (non-hydrogen) atoms. The highest BCUT2D eigenvalue weighted by molar-refractivity contribution is 6.22. The third-order valence-corrected chi connectivity index (χ3v) is 4.62. The van der Waals surface area contributed by atoms with Crippen LogP contribution in [0.25, 0.3) is 0 Å². The smallest absolute Gasteiger partial charge is 0.274 e. The molecule has 2 amide bonds. The first kappa shape index (κ1) is 15.1. The summed E-state index contributed by atoms with van der Waals surface area (Å²) in [5, 5.41) is 0. The number of carbonyl (C=O) groups excluding carboxylic acids is 2. The van der Waals surface area contributed by atoms with E-state index in [2.05, 4.69) is 0 Å². The Kier molecular flexibility index (Phi) is 3.50. The molecule has 3 unspecified atom stereocenters. The molecule has 3 rings (SSSR count). The minimum atomic E-state index is -4.50. The number of alkyl halides is 3. The number of imide groups is 1. The summed E-state index contributed by atoms with van der Waals surface area (Å²) >= 11 is 0. The molecule has 1 saturated carbocycles. The molecule has 0 spiro atoms. The SMILES string of the molecule is CC1CCC2C(=O)N(c3cccc(C(F)(F)F)c3)C(=O)C2C1. The van der Waals surface area contributed by atoms with E-state index in [-0.39, 0.29) is 29.3 Å². The molecule has 3 nitrogen and oxygen atoms in total. The van der Waals surface area contributed by atoms with Gasteiger partial charge in [0.15, 0.2) is 0 Å². The predicted molar refractivity (Wildman–Crippen MR) is 73.9 cm³/mol. The van der Waals surface area contributed by atoms with Gasteiger partial charge >= 0.3 is 6.18 Å². The van der Waals surface area contributed by atoms with Crippen LogP contribution >= 0.6 is 0 Å². The van der Waals surface area contributed by atoms with Crippen LogP contribution in [0.15, 0.2) is 24.3 Å². The minimum Gasteiger partial charge on any atom is -0.274 e. The van der Waals surface area contributed by atoms with Gasteiger partial charge in [-0.2, -0.15) is 13.2 Å². The highest BCUT2D eigenvalue weighted by Crippen LogP contribution is 2.42. The molecule has 3 atom stereocenters. The average Bonchev–Trinajstić information content (AvgIpc) is 2.69. The number of benzene rings is 1. The van der Waals surface area contributed by atoms with Crippen LogP contribution in [0.3, 0.4) is 0 Å². The molecule has 2 aliphatic rings. The summed E-state index contributed by atoms with van der Waals surface area (Å²) < 4.78 is 38.4. The van der Waals surface area contributed by atoms with Crippen LogP contribution in [0.2, 0.25) is 0 Å². The van der Waals surface area contributed by atoms with E-state index in [1.807, 2.05) is 6.92 Å². The second kappa shape index (κ2) is 5.11. The third kappa shape index (κ3) is 2.40. The summed E-state index contributed by atoms with van der Waals surface area (Å²) in [5.41, 5.74) is -0.833. The van der Waals surface area contributed by atoms with Crippen molar-refractivity contribution in [3.63, 3.8) is 0 Å². The van der Waals surface area contributed by atoms with Crippen molar-refractivity contribution in [2.24, 2.45) is 17.8 Å². The fourth-order valence-electron chi connectivity index (χ4n) is 3.47. The van der Waals surface area contributed by atoms with Crippen LogP contribution in [-0.4, -0.2) is 11.8 Å². The summed E-state index contributed by atoms with van der Waals surface area (Å²) in [6.07, 6.45) is -2.36. The van der Waals surface area contributed by atoms with Gasteiger partial charge in [0.1, 0.15) is 0 Å². The van der Waals surface area contributed by atoms with Crippen molar-refractivity contribution in [1.82, 2.24) is 0 Å². The molecule has 1 saturated heterocycles. The number of amides is 2. The third-order valence-electron chi connectivity index (χ3n) is 4.62. The van der Waals surface area contributed by atoms with Gasteiger partial charge in [-0.25, -0.2) is 0 Å². The van der Waals surface area contributed by atoms with Gasteiger partial charge in [-0.15, -0.1) is 0 Å². The minimum absolute atomic E-state index is 0.0203. The molecule has 1 heterocycles. The lowest BCUT2D eigenvalue weighted by Crippen LogP contribution is -2.31. The second-order valence-electron chi connectivity index (χ2n) is 6.19. The highest BCUT2D eigenvalue weighted by Gasteiger charge is 2.50. The standard InChI is InChI=1S/C16H16F3NO2/c1-9-5-6-12-13(7-9)15(22)20(14(12)21)11-4-2-3-10(8-11)16(17,18)19/h2-4,8-9,12-13H,5-7H2,1H3. The second-order valence-corrected chi connectivity index (χ2v) is 6.19. The van der Waals surface area contributed by atoms with Crippen molar-refractivity contribution in [2.45, 2.75) is 32.4 Å². The maximum Gasteiger partial charge on any atom is 0.416 e. The van der Waals surface area contributed by atoms with E-state index in [1.54, 1.807) is 0 Å². The van der Waals surface area contributed by atoms with Gasteiger partial charge in [0.25, 0.3) is 0 Å². The number of hydrogen-bond acceptors (Lipinski definition) is 2. The summed E-state index contributed by atoms with van der Waals surface area (Å²) in [7, 11) is 0. The Morgan fingerprint density at radius 2 is 1.77 bits per heavy atom. The quantitative estimate of drug-likeness (QED) is 0.743. The lowest BCUT2D eigenvalue weighted by molar-refractivity contribution is -0.137. The first-order valence-electron chi connectivity index (χ1n) is 7.34. The van der Waals surface area contributed by atoms with Crippen molar-refractivity contribution >= 4 is 17.5 Å². The summed E-state index contributed by atoms with van der Waals surface area (Å²) in [5.74, 6) is -1.12. The normalized spacial score (nSPS) is 28.9. The van der Waals surface area contributed by atoms with E-state index in [0.717, 1.165) is 23.5 Å². The molecule has 1 aliphatic carbocycles. The zero-order chi connectivity index (χ0) is 16.1.